The highest BCUT2D eigenvalue weighted by Gasteiger charge is 2.46. The third kappa shape index (κ3) is 3.90. The van der Waals surface area contributed by atoms with Crippen LogP contribution in [-0.2, 0) is 28.1 Å². The highest BCUT2D eigenvalue weighted by Crippen LogP contribution is 2.39. The van der Waals surface area contributed by atoms with Gasteiger partial charge in [-0.1, -0.05) is 13.8 Å². The first-order valence-electron chi connectivity index (χ1n) is 10.0. The number of aromatic nitrogens is 2. The van der Waals surface area contributed by atoms with E-state index in [-0.39, 0.29) is 11.3 Å². The Hall–Kier alpha value is -2.41. The molecule has 2 aromatic heterocycles. The molecule has 0 radical (unpaired) electrons. The van der Waals surface area contributed by atoms with E-state index in [1.54, 1.807) is 6.26 Å². The average Bonchev–Trinajstić information content (AvgIpc) is 3.36. The van der Waals surface area contributed by atoms with Crippen molar-refractivity contribution in [3.63, 3.8) is 0 Å². The van der Waals surface area contributed by atoms with Gasteiger partial charge in [-0.15, -0.1) is 0 Å². The number of ether oxygens (including phenoxy) is 1. The highest BCUT2D eigenvalue weighted by molar-refractivity contribution is 5.76. The number of hydrogen-bond acceptors (Lipinski definition) is 6. The molecule has 0 aliphatic carbocycles. The van der Waals surface area contributed by atoms with Gasteiger partial charge in [-0.3, -0.25) is 4.79 Å². The van der Waals surface area contributed by atoms with Gasteiger partial charge >= 0.3 is 0 Å². The van der Waals surface area contributed by atoms with E-state index in [4.69, 9.17) is 14.1 Å². The zero-order valence-corrected chi connectivity index (χ0v) is 16.6. The summed E-state index contributed by atoms with van der Waals surface area (Å²) >= 11 is 0. The van der Waals surface area contributed by atoms with Crippen LogP contribution in [0.2, 0.25) is 0 Å². The Kier molecular flexibility index (Phi) is 5.35. The number of hydrogen-bond donors (Lipinski definition) is 1. The molecule has 1 fully saturated rings. The molecule has 7 heteroatoms. The number of carbonyl (C=O) groups is 1. The lowest BCUT2D eigenvalue weighted by molar-refractivity contribution is -0.130. The lowest BCUT2D eigenvalue weighted by Gasteiger charge is -2.34. The smallest absolute Gasteiger partial charge is 0.223 e. The zero-order chi connectivity index (χ0) is 19.6. The van der Waals surface area contributed by atoms with Crippen LogP contribution in [0.15, 0.2) is 29.0 Å². The standard InChI is InChI=1S/C21H28N4O3/c1-15(2)5-6-18(26)25-8-7-21(13-25)14-27-12-16-10-22-20(24-19(16)21)23-11-17-4-3-9-28-17/h3-4,9-10,15H,5-8,11-14H2,1-2H3,(H,22,23,24)/t21-/m0/s1. The van der Waals surface area contributed by atoms with Gasteiger partial charge in [-0.05, 0) is 30.9 Å². The molecule has 1 saturated heterocycles. The number of carbonyl (C=O) groups excluding carboxylic acids is 1. The molecular weight excluding hydrogens is 356 g/mol. The van der Waals surface area contributed by atoms with E-state index in [0.29, 0.717) is 44.6 Å². The number of rotatable bonds is 6. The molecule has 0 saturated carbocycles. The number of furan rings is 1. The molecule has 1 N–H and O–H groups in total. The van der Waals surface area contributed by atoms with Gasteiger partial charge in [0.2, 0.25) is 11.9 Å². The second-order valence-corrected chi connectivity index (χ2v) is 8.27. The average molecular weight is 384 g/mol. The maximum atomic E-state index is 12.6. The van der Waals surface area contributed by atoms with Crippen LogP contribution in [0.5, 0.6) is 0 Å². The summed E-state index contributed by atoms with van der Waals surface area (Å²) in [6, 6.07) is 3.78. The monoisotopic (exact) mass is 384 g/mol. The van der Waals surface area contributed by atoms with E-state index in [9.17, 15) is 4.79 Å². The molecule has 0 aromatic carbocycles. The fourth-order valence-electron chi connectivity index (χ4n) is 4.03. The number of amides is 1. The second kappa shape index (κ2) is 7.91. The van der Waals surface area contributed by atoms with Crippen LogP contribution in [0.1, 0.15) is 50.1 Å². The van der Waals surface area contributed by atoms with E-state index >= 15 is 0 Å². The van der Waals surface area contributed by atoms with Crippen LogP contribution in [0, 0.1) is 5.92 Å². The molecular formula is C21H28N4O3. The molecule has 0 bridgehead atoms. The van der Waals surface area contributed by atoms with Gasteiger partial charge in [0.25, 0.3) is 0 Å². The molecule has 4 rings (SSSR count). The van der Waals surface area contributed by atoms with Crippen molar-refractivity contribution in [2.24, 2.45) is 5.92 Å². The van der Waals surface area contributed by atoms with Crippen LogP contribution in [-0.4, -0.2) is 40.5 Å². The molecule has 4 heterocycles. The summed E-state index contributed by atoms with van der Waals surface area (Å²) < 4.78 is 11.2. The van der Waals surface area contributed by atoms with Gasteiger partial charge in [0.1, 0.15) is 5.76 Å². The van der Waals surface area contributed by atoms with Gasteiger partial charge < -0.3 is 19.4 Å². The summed E-state index contributed by atoms with van der Waals surface area (Å²) in [4.78, 5) is 23.9. The van der Waals surface area contributed by atoms with E-state index < -0.39 is 0 Å². The van der Waals surface area contributed by atoms with Crippen molar-refractivity contribution in [1.29, 1.82) is 0 Å². The fraction of sp³-hybridized carbons (Fsp3) is 0.571. The SMILES string of the molecule is CC(C)CCC(=O)N1CC[C@@]2(COCc3cnc(NCc4ccco4)nc32)C1. The third-order valence-electron chi connectivity index (χ3n) is 5.65. The predicted molar refractivity (Wildman–Crippen MR) is 105 cm³/mol. The van der Waals surface area contributed by atoms with Gasteiger partial charge in [0.15, 0.2) is 0 Å². The minimum absolute atomic E-state index is 0.231. The molecule has 7 nitrogen and oxygen atoms in total. The van der Waals surface area contributed by atoms with Crippen molar-refractivity contribution in [1.82, 2.24) is 14.9 Å². The molecule has 1 atom stereocenters. The second-order valence-electron chi connectivity index (χ2n) is 8.27. The largest absolute Gasteiger partial charge is 0.467 e. The van der Waals surface area contributed by atoms with E-state index in [2.05, 4.69) is 24.1 Å². The Morgan fingerprint density at radius 1 is 1.43 bits per heavy atom. The minimum atomic E-state index is -0.231. The number of likely N-dealkylation sites (tertiary alicyclic amines) is 1. The van der Waals surface area contributed by atoms with Gasteiger partial charge in [0, 0.05) is 31.3 Å². The van der Waals surface area contributed by atoms with Gasteiger partial charge in [-0.2, -0.15) is 0 Å². The van der Waals surface area contributed by atoms with Crippen molar-refractivity contribution < 1.29 is 13.9 Å². The first-order chi connectivity index (χ1) is 13.6. The molecule has 1 amide bonds. The van der Waals surface area contributed by atoms with E-state index in [1.165, 1.54) is 0 Å². The van der Waals surface area contributed by atoms with Crippen LogP contribution in [0.4, 0.5) is 5.95 Å². The molecule has 2 aromatic rings. The van der Waals surface area contributed by atoms with Crippen molar-refractivity contribution in [3.05, 3.63) is 41.6 Å². The molecule has 28 heavy (non-hydrogen) atoms. The molecule has 2 aliphatic rings. The lowest BCUT2D eigenvalue weighted by atomic mass is 9.80. The molecule has 150 valence electrons. The summed E-state index contributed by atoms with van der Waals surface area (Å²) in [5.41, 5.74) is 1.81. The van der Waals surface area contributed by atoms with Crippen LogP contribution < -0.4 is 5.32 Å². The topological polar surface area (TPSA) is 80.5 Å². The molecule has 2 aliphatic heterocycles. The lowest BCUT2D eigenvalue weighted by Crippen LogP contribution is -2.41. The summed E-state index contributed by atoms with van der Waals surface area (Å²) in [7, 11) is 0. The van der Waals surface area contributed by atoms with Crippen LogP contribution in [0.3, 0.4) is 0 Å². The Bertz CT molecular complexity index is 821. The first kappa shape index (κ1) is 18.9. The number of anilines is 1. The molecule has 0 unspecified atom stereocenters. The molecule has 1 spiro atoms. The van der Waals surface area contributed by atoms with Crippen molar-refractivity contribution in [2.45, 2.75) is 51.7 Å². The van der Waals surface area contributed by atoms with Crippen LogP contribution in [0.25, 0.3) is 0 Å². The maximum Gasteiger partial charge on any atom is 0.223 e. The number of fused-ring (bicyclic) bond motifs is 2. The third-order valence-corrected chi connectivity index (χ3v) is 5.65. The predicted octanol–water partition coefficient (Wildman–Crippen LogP) is 3.12. The summed E-state index contributed by atoms with van der Waals surface area (Å²) in [5.74, 6) is 2.20. The first-order valence-corrected chi connectivity index (χ1v) is 10.0. The number of nitrogens with one attached hydrogen (secondary N) is 1. The van der Waals surface area contributed by atoms with Crippen molar-refractivity contribution in [3.8, 4) is 0 Å². The Balaban J connectivity index is 1.49. The Morgan fingerprint density at radius 3 is 3.11 bits per heavy atom. The fourth-order valence-corrected chi connectivity index (χ4v) is 4.03. The zero-order valence-electron chi connectivity index (χ0n) is 16.6. The van der Waals surface area contributed by atoms with E-state index in [1.807, 2.05) is 23.2 Å². The van der Waals surface area contributed by atoms with Crippen LogP contribution >= 0.6 is 0 Å². The minimum Gasteiger partial charge on any atom is -0.467 e. The quantitative estimate of drug-likeness (QED) is 0.824. The maximum absolute atomic E-state index is 12.6. The highest BCUT2D eigenvalue weighted by atomic mass is 16.5. The van der Waals surface area contributed by atoms with Gasteiger partial charge in [0.05, 0.1) is 37.1 Å². The summed E-state index contributed by atoms with van der Waals surface area (Å²) in [5, 5.41) is 3.23. The number of nitrogens with zero attached hydrogens (tertiary/aromatic N) is 3. The summed E-state index contributed by atoms with van der Waals surface area (Å²) in [6.07, 6.45) is 5.92. The van der Waals surface area contributed by atoms with Gasteiger partial charge in [-0.25, -0.2) is 9.97 Å². The Labute approximate surface area is 165 Å². The van der Waals surface area contributed by atoms with Crippen molar-refractivity contribution >= 4 is 11.9 Å². The summed E-state index contributed by atoms with van der Waals surface area (Å²) in [6.45, 7) is 7.40. The Morgan fingerprint density at radius 2 is 2.32 bits per heavy atom. The van der Waals surface area contributed by atoms with Crippen molar-refractivity contribution in [2.75, 3.05) is 25.0 Å². The normalized spacial score (nSPS) is 21.3. The van der Waals surface area contributed by atoms with E-state index in [0.717, 1.165) is 36.4 Å².